The molecule has 0 bridgehead atoms. The van der Waals surface area contributed by atoms with Crippen LogP contribution in [-0.2, 0) is 9.53 Å². The molecule has 0 radical (unpaired) electrons. The zero-order valence-corrected chi connectivity index (χ0v) is 15.1. The molecule has 0 aliphatic carbocycles. The first-order valence-corrected chi connectivity index (χ1v) is 8.93. The second kappa shape index (κ2) is 8.45. The van der Waals surface area contributed by atoms with Crippen LogP contribution in [-0.4, -0.2) is 27.7 Å². The van der Waals surface area contributed by atoms with E-state index in [0.717, 1.165) is 17.3 Å². The molecule has 27 heavy (non-hydrogen) atoms. The quantitative estimate of drug-likeness (QED) is 0.259. The lowest BCUT2D eigenvalue weighted by Gasteiger charge is -2.13. The minimum atomic E-state index is -0.690. The zero-order chi connectivity index (χ0) is 19.2. The molecule has 0 fully saturated rings. The molecule has 0 aliphatic heterocycles. The van der Waals surface area contributed by atoms with Crippen LogP contribution < -0.4 is 0 Å². The van der Waals surface area contributed by atoms with E-state index in [1.54, 1.807) is 31.2 Å². The number of hydrogen-bond donors (Lipinski definition) is 0. The van der Waals surface area contributed by atoms with Crippen molar-refractivity contribution in [3.8, 4) is 11.5 Å². The Kier molecular flexibility index (Phi) is 5.82. The number of nitro groups is 1. The standard InChI is InChI=1S/C18H15N3O5S/c1-2-25-17(22)15(12-8-4-3-5-9-12)27-18-20-19-16(26-18)13-10-6-7-11-14(13)21(23)24/h3-11,15H,2H2,1H3. The SMILES string of the molecule is CCOC(=O)C(Sc1nnc(-c2ccccc2[N+](=O)[O-])o1)c1ccccc1. The van der Waals surface area contributed by atoms with Crippen molar-refractivity contribution in [3.63, 3.8) is 0 Å². The van der Waals surface area contributed by atoms with Gasteiger partial charge in [-0.15, -0.1) is 10.2 Å². The van der Waals surface area contributed by atoms with Crippen molar-refractivity contribution in [2.45, 2.75) is 17.4 Å². The Morgan fingerprint density at radius 3 is 2.59 bits per heavy atom. The van der Waals surface area contributed by atoms with E-state index in [1.807, 2.05) is 18.2 Å². The number of nitro benzene ring substituents is 1. The minimum absolute atomic E-state index is 0.0143. The summed E-state index contributed by atoms with van der Waals surface area (Å²) in [5.41, 5.74) is 0.809. The van der Waals surface area contributed by atoms with Crippen molar-refractivity contribution >= 4 is 23.4 Å². The molecule has 0 saturated heterocycles. The number of rotatable bonds is 7. The Bertz CT molecular complexity index is 945. The van der Waals surface area contributed by atoms with Gasteiger partial charge in [0.15, 0.2) is 0 Å². The summed E-state index contributed by atoms with van der Waals surface area (Å²) in [7, 11) is 0. The first kappa shape index (κ1) is 18.6. The molecule has 1 heterocycles. The number of benzene rings is 2. The zero-order valence-electron chi connectivity index (χ0n) is 14.3. The highest BCUT2D eigenvalue weighted by Crippen LogP contribution is 2.37. The molecule has 1 atom stereocenters. The molecule has 8 nitrogen and oxygen atoms in total. The van der Waals surface area contributed by atoms with Crippen molar-refractivity contribution in [1.29, 1.82) is 0 Å². The van der Waals surface area contributed by atoms with Crippen LogP contribution in [0.1, 0.15) is 17.7 Å². The molecular weight excluding hydrogens is 370 g/mol. The maximum absolute atomic E-state index is 12.3. The molecule has 0 amide bonds. The van der Waals surface area contributed by atoms with E-state index in [4.69, 9.17) is 9.15 Å². The van der Waals surface area contributed by atoms with E-state index in [1.165, 1.54) is 12.1 Å². The van der Waals surface area contributed by atoms with Gasteiger partial charge in [0, 0.05) is 6.07 Å². The third kappa shape index (κ3) is 4.32. The highest BCUT2D eigenvalue weighted by molar-refractivity contribution is 8.00. The van der Waals surface area contributed by atoms with Crippen LogP contribution in [0.3, 0.4) is 0 Å². The van der Waals surface area contributed by atoms with Crippen molar-refractivity contribution < 1.29 is 18.9 Å². The fourth-order valence-electron chi connectivity index (χ4n) is 2.38. The monoisotopic (exact) mass is 385 g/mol. The number of carbonyl (C=O) groups is 1. The molecule has 0 saturated carbocycles. The molecule has 0 N–H and O–H groups in total. The number of aromatic nitrogens is 2. The van der Waals surface area contributed by atoms with Crippen LogP contribution in [0.5, 0.6) is 0 Å². The third-order valence-electron chi connectivity index (χ3n) is 3.56. The molecular formula is C18H15N3O5S. The van der Waals surface area contributed by atoms with E-state index in [9.17, 15) is 14.9 Å². The number of carbonyl (C=O) groups excluding carboxylic acids is 1. The van der Waals surface area contributed by atoms with Gasteiger partial charge in [-0.1, -0.05) is 42.5 Å². The molecule has 1 aromatic heterocycles. The first-order chi connectivity index (χ1) is 13.1. The van der Waals surface area contributed by atoms with Gasteiger partial charge in [0.2, 0.25) is 0 Å². The fourth-order valence-corrected chi connectivity index (χ4v) is 3.25. The average molecular weight is 385 g/mol. The molecule has 0 spiro atoms. The van der Waals surface area contributed by atoms with E-state index < -0.39 is 16.1 Å². The summed E-state index contributed by atoms with van der Waals surface area (Å²) >= 11 is 1.03. The number of ether oxygens (including phenoxy) is 1. The molecule has 3 rings (SSSR count). The van der Waals surface area contributed by atoms with Crippen molar-refractivity contribution in [2.75, 3.05) is 6.61 Å². The molecule has 9 heteroatoms. The summed E-state index contributed by atoms with van der Waals surface area (Å²) in [4.78, 5) is 23.0. The Morgan fingerprint density at radius 1 is 1.19 bits per heavy atom. The van der Waals surface area contributed by atoms with Crippen molar-refractivity contribution in [3.05, 3.63) is 70.3 Å². The largest absolute Gasteiger partial charge is 0.465 e. The van der Waals surface area contributed by atoms with E-state index in [-0.39, 0.29) is 29.0 Å². The van der Waals surface area contributed by atoms with Crippen molar-refractivity contribution in [1.82, 2.24) is 10.2 Å². The smallest absolute Gasteiger partial charge is 0.324 e. The van der Waals surface area contributed by atoms with Crippen molar-refractivity contribution in [2.24, 2.45) is 0 Å². The second-order valence-electron chi connectivity index (χ2n) is 5.31. The molecule has 138 valence electrons. The maximum Gasteiger partial charge on any atom is 0.324 e. The van der Waals surface area contributed by atoms with Gasteiger partial charge in [0.25, 0.3) is 16.8 Å². The summed E-state index contributed by atoms with van der Waals surface area (Å²) in [6, 6.07) is 15.2. The Morgan fingerprint density at radius 2 is 1.89 bits per heavy atom. The van der Waals surface area contributed by atoms with Gasteiger partial charge in [0.1, 0.15) is 10.8 Å². The van der Waals surface area contributed by atoms with Crippen LogP contribution in [0, 0.1) is 10.1 Å². The highest BCUT2D eigenvalue weighted by atomic mass is 32.2. The van der Waals surface area contributed by atoms with Gasteiger partial charge in [0.05, 0.1) is 11.5 Å². The summed E-state index contributed by atoms with van der Waals surface area (Å²) in [5.74, 6) is -0.417. The topological polar surface area (TPSA) is 108 Å². The number of para-hydroxylation sites is 1. The summed E-state index contributed by atoms with van der Waals surface area (Å²) in [6.07, 6.45) is 0. The number of esters is 1. The van der Waals surface area contributed by atoms with Crippen LogP contribution in [0.4, 0.5) is 5.69 Å². The fraction of sp³-hybridized carbons (Fsp3) is 0.167. The number of thioether (sulfide) groups is 1. The molecule has 1 unspecified atom stereocenters. The van der Waals surface area contributed by atoms with Crippen LogP contribution in [0.15, 0.2) is 64.2 Å². The highest BCUT2D eigenvalue weighted by Gasteiger charge is 2.27. The minimum Gasteiger partial charge on any atom is -0.465 e. The predicted octanol–water partition coefficient (Wildman–Crippen LogP) is 4.04. The van der Waals surface area contributed by atoms with Gasteiger partial charge in [-0.25, -0.2) is 0 Å². The Hall–Kier alpha value is -3.20. The third-order valence-corrected chi connectivity index (χ3v) is 4.63. The second-order valence-corrected chi connectivity index (χ2v) is 6.36. The van der Waals surface area contributed by atoms with E-state index in [2.05, 4.69) is 10.2 Å². The van der Waals surface area contributed by atoms with E-state index in [0.29, 0.717) is 0 Å². The molecule has 2 aromatic carbocycles. The van der Waals surface area contributed by atoms with Gasteiger partial charge >= 0.3 is 5.97 Å². The number of nitrogens with zero attached hydrogens (tertiary/aromatic N) is 3. The van der Waals surface area contributed by atoms with Gasteiger partial charge < -0.3 is 9.15 Å². The predicted molar refractivity (Wildman–Crippen MR) is 98.1 cm³/mol. The van der Waals surface area contributed by atoms with Gasteiger partial charge in [-0.2, -0.15) is 0 Å². The molecule has 0 aliphatic rings. The van der Waals surface area contributed by atoms with E-state index >= 15 is 0 Å². The lowest BCUT2D eigenvalue weighted by molar-refractivity contribution is -0.384. The van der Waals surface area contributed by atoms with Gasteiger partial charge in [-0.05, 0) is 30.3 Å². The Balaban J connectivity index is 1.89. The lowest BCUT2D eigenvalue weighted by Crippen LogP contribution is -2.13. The van der Waals surface area contributed by atoms with Crippen LogP contribution in [0.2, 0.25) is 0 Å². The summed E-state index contributed by atoms with van der Waals surface area (Å²) < 4.78 is 10.7. The van der Waals surface area contributed by atoms with Crippen LogP contribution in [0.25, 0.3) is 11.5 Å². The lowest BCUT2D eigenvalue weighted by atomic mass is 10.1. The van der Waals surface area contributed by atoms with Gasteiger partial charge in [-0.3, -0.25) is 14.9 Å². The Labute approximate surface area is 158 Å². The summed E-state index contributed by atoms with van der Waals surface area (Å²) in [6.45, 7) is 1.97. The first-order valence-electron chi connectivity index (χ1n) is 8.05. The molecule has 3 aromatic rings. The summed E-state index contributed by atoms with van der Waals surface area (Å²) in [5, 5.41) is 18.4. The maximum atomic E-state index is 12.3. The van der Waals surface area contributed by atoms with Crippen LogP contribution >= 0.6 is 11.8 Å². The normalized spacial score (nSPS) is 11.7. The number of hydrogen-bond acceptors (Lipinski definition) is 8. The average Bonchev–Trinajstić information content (AvgIpc) is 3.15.